The summed E-state index contributed by atoms with van der Waals surface area (Å²) in [5.41, 5.74) is 0. The SMILES string of the molecule is O=P([O-])([O-])[O-].[Ce+3].[Ti+4]. The van der Waals surface area contributed by atoms with Crippen molar-refractivity contribution in [1.29, 1.82) is 0 Å². The van der Waals surface area contributed by atoms with Gasteiger partial charge >= 0.3 is 63.5 Å². The minimum Gasteiger partial charge on any atom is -0.822 e. The van der Waals surface area contributed by atoms with Gasteiger partial charge in [0.2, 0.25) is 0 Å². The third-order valence-electron chi connectivity index (χ3n) is 0. The van der Waals surface area contributed by atoms with Gasteiger partial charge in [0.05, 0.1) is 0 Å². The molecule has 0 aliphatic heterocycles. The van der Waals surface area contributed by atoms with Gasteiger partial charge in [-0.05, 0) is 0 Å². The van der Waals surface area contributed by atoms with Crippen LogP contribution in [0.3, 0.4) is 0 Å². The smallest absolute Gasteiger partial charge is 0.822 e. The monoisotopic (exact) mass is 283 g/mol. The minimum absolute atomic E-state index is 0. The van der Waals surface area contributed by atoms with E-state index < -0.39 is 7.82 Å². The van der Waals surface area contributed by atoms with Crippen LogP contribution in [0.1, 0.15) is 0 Å². The molecule has 0 aromatic rings. The van der Waals surface area contributed by atoms with Crippen molar-refractivity contribution in [3.05, 3.63) is 0 Å². The second kappa shape index (κ2) is 6.32. The van der Waals surface area contributed by atoms with Crippen molar-refractivity contribution < 1.29 is 82.7 Å². The Morgan fingerprint density at radius 2 is 1.14 bits per heavy atom. The normalized spacial score (nSPS) is 8.43. The molecule has 0 aliphatic carbocycles. The van der Waals surface area contributed by atoms with Crippen LogP contribution >= 0.6 is 7.82 Å². The fourth-order valence-corrected chi connectivity index (χ4v) is 0. The molecule has 0 rings (SSSR count). The predicted octanol–water partition coefficient (Wildman–Crippen LogP) is -2.83. The van der Waals surface area contributed by atoms with Gasteiger partial charge < -0.3 is 19.2 Å². The van der Waals surface area contributed by atoms with Crippen molar-refractivity contribution in [2.24, 2.45) is 0 Å². The van der Waals surface area contributed by atoms with Crippen LogP contribution in [0.4, 0.5) is 0 Å². The number of phosphoric acid groups is 1. The average molecular weight is 283 g/mol. The van der Waals surface area contributed by atoms with Gasteiger partial charge in [0.25, 0.3) is 0 Å². The maximum absolute atomic E-state index is 8.55. The molecule has 0 saturated heterocycles. The third-order valence-corrected chi connectivity index (χ3v) is 0. The third kappa shape index (κ3) is 65.1. The van der Waals surface area contributed by atoms with Crippen LogP contribution in [-0.2, 0) is 26.3 Å². The van der Waals surface area contributed by atoms with E-state index in [1.165, 1.54) is 0 Å². The fourth-order valence-electron chi connectivity index (χ4n) is 0. The fraction of sp³-hybridized carbons (Fsp3) is 0. The molecule has 4 nitrogen and oxygen atoms in total. The molecule has 0 heterocycles. The molecule has 0 aliphatic rings. The van der Waals surface area contributed by atoms with Gasteiger partial charge in [0.15, 0.2) is 0 Å². The number of rotatable bonds is 0. The maximum Gasteiger partial charge on any atom is 4.00 e. The molecule has 0 amide bonds. The quantitative estimate of drug-likeness (QED) is 0.354. The number of hydrogen-bond acceptors (Lipinski definition) is 4. The summed E-state index contributed by atoms with van der Waals surface area (Å²) >= 11 is 0. The van der Waals surface area contributed by atoms with Crippen LogP contribution < -0.4 is 14.7 Å². The zero-order chi connectivity index (χ0) is 4.50. The molecule has 0 spiro atoms. The van der Waals surface area contributed by atoms with Gasteiger partial charge in [0, 0.05) is 0 Å². The Balaban J connectivity index is -0.0000000800. The molecule has 33 valence electrons. The van der Waals surface area contributed by atoms with Gasteiger partial charge in [-0.15, -0.1) is 0 Å². The van der Waals surface area contributed by atoms with Crippen LogP contribution in [0.15, 0.2) is 0 Å². The van der Waals surface area contributed by atoms with E-state index in [2.05, 4.69) is 0 Å². The second-order valence-electron chi connectivity index (χ2n) is 0.447. The van der Waals surface area contributed by atoms with Crippen molar-refractivity contribution in [2.75, 3.05) is 0 Å². The summed E-state index contributed by atoms with van der Waals surface area (Å²) in [6.45, 7) is 0. The van der Waals surface area contributed by atoms with Crippen LogP contribution in [0.5, 0.6) is 0 Å². The molecule has 0 atom stereocenters. The van der Waals surface area contributed by atoms with Gasteiger partial charge in [-0.3, -0.25) is 0 Å². The zero-order valence-electron chi connectivity index (χ0n) is 3.08. The van der Waals surface area contributed by atoms with E-state index in [0.29, 0.717) is 0 Å². The molecule has 0 fully saturated rings. The standard InChI is InChI=1S/Ce.H3O4P.Ti/c;1-5(2,3)4;/h;(H3,1,2,3,4);/q+3;;+4/p-3. The van der Waals surface area contributed by atoms with E-state index in [-0.39, 0.29) is 63.5 Å². The van der Waals surface area contributed by atoms with Gasteiger partial charge in [-0.1, -0.05) is 0 Å². The summed E-state index contributed by atoms with van der Waals surface area (Å²) in [7, 11) is -5.39. The summed E-state index contributed by atoms with van der Waals surface area (Å²) in [5.74, 6) is 0. The van der Waals surface area contributed by atoms with Crippen molar-refractivity contribution in [3.8, 4) is 0 Å². The Kier molecular flexibility index (Phi) is 14.5. The molecule has 0 aromatic heterocycles. The Labute approximate surface area is 89.2 Å². The van der Waals surface area contributed by atoms with Crippen LogP contribution in [0, 0.1) is 41.7 Å². The molecule has 0 saturated carbocycles. The topological polar surface area (TPSA) is 86.2 Å². The van der Waals surface area contributed by atoms with Gasteiger partial charge in [-0.25, -0.2) is 0 Å². The van der Waals surface area contributed by atoms with E-state index in [0.717, 1.165) is 0 Å². The van der Waals surface area contributed by atoms with Crippen LogP contribution in [0.2, 0.25) is 0 Å². The molecule has 0 unspecified atom stereocenters. The Morgan fingerprint density at radius 1 is 1.14 bits per heavy atom. The molecular formula is CeO4PTi+4. The van der Waals surface area contributed by atoms with E-state index in [1.54, 1.807) is 0 Å². The largest absolute Gasteiger partial charge is 4.00 e. The molecule has 0 bridgehead atoms. The summed E-state index contributed by atoms with van der Waals surface area (Å²) in [6.07, 6.45) is 0. The summed E-state index contributed by atoms with van der Waals surface area (Å²) in [4.78, 5) is 25.6. The summed E-state index contributed by atoms with van der Waals surface area (Å²) < 4.78 is 8.55. The molecule has 7 heavy (non-hydrogen) atoms. The maximum atomic E-state index is 8.55. The summed E-state index contributed by atoms with van der Waals surface area (Å²) in [6, 6.07) is 0. The van der Waals surface area contributed by atoms with Crippen molar-refractivity contribution in [2.45, 2.75) is 0 Å². The second-order valence-corrected chi connectivity index (χ2v) is 1.34. The van der Waals surface area contributed by atoms with E-state index >= 15 is 0 Å². The molecular weight excluding hydrogens is 283 g/mol. The van der Waals surface area contributed by atoms with Crippen LogP contribution in [0.25, 0.3) is 0 Å². The first-order chi connectivity index (χ1) is 2.00. The van der Waals surface area contributed by atoms with Crippen LogP contribution in [-0.4, -0.2) is 0 Å². The Bertz CT molecular complexity index is 57.8. The molecule has 0 aromatic carbocycles. The van der Waals surface area contributed by atoms with Crippen molar-refractivity contribution in [1.82, 2.24) is 0 Å². The predicted molar refractivity (Wildman–Crippen MR) is 7.61 cm³/mol. The average Bonchev–Trinajstić information content (AvgIpc) is 0.722. The zero-order valence-corrected chi connectivity index (χ0v) is 8.68. The Morgan fingerprint density at radius 3 is 1.14 bits per heavy atom. The number of hydrogen-bond donors (Lipinski definition) is 0. The summed E-state index contributed by atoms with van der Waals surface area (Å²) in [5, 5.41) is 0. The van der Waals surface area contributed by atoms with E-state index in [9.17, 15) is 0 Å². The Hall–Kier alpha value is 2.20. The van der Waals surface area contributed by atoms with Gasteiger partial charge in [0.1, 0.15) is 0 Å². The molecule has 0 N–H and O–H groups in total. The van der Waals surface area contributed by atoms with Gasteiger partial charge in [-0.2, -0.15) is 7.82 Å². The van der Waals surface area contributed by atoms with Crippen molar-refractivity contribution >= 4 is 7.82 Å². The molecule has 7 heteroatoms. The minimum atomic E-state index is -5.39. The first-order valence-corrected chi connectivity index (χ1v) is 2.19. The van der Waals surface area contributed by atoms with E-state index in [4.69, 9.17) is 19.2 Å². The molecule has 1 radical (unpaired) electrons. The van der Waals surface area contributed by atoms with Crippen molar-refractivity contribution in [3.63, 3.8) is 0 Å². The first kappa shape index (κ1) is 16.1. The first-order valence-electron chi connectivity index (χ1n) is 0.730. The van der Waals surface area contributed by atoms with E-state index in [1.807, 2.05) is 0 Å².